The summed E-state index contributed by atoms with van der Waals surface area (Å²) in [7, 11) is 0. The molecular formula is C14H15NO. The molecule has 1 aromatic carbocycles. The predicted molar refractivity (Wildman–Crippen MR) is 64.2 cm³/mol. The van der Waals surface area contributed by atoms with Crippen LogP contribution in [0.15, 0.2) is 36.7 Å². The fraction of sp³-hybridized carbons (Fsp3) is 0.357. The highest BCUT2D eigenvalue weighted by atomic mass is 16.3. The molecule has 0 saturated heterocycles. The van der Waals surface area contributed by atoms with Gasteiger partial charge in [0.05, 0.1) is 5.60 Å². The topological polar surface area (TPSA) is 33.1 Å². The Morgan fingerprint density at radius 2 is 2.12 bits per heavy atom. The van der Waals surface area contributed by atoms with E-state index in [1.165, 1.54) is 16.3 Å². The third-order valence-electron chi connectivity index (χ3n) is 3.46. The van der Waals surface area contributed by atoms with Gasteiger partial charge < -0.3 is 5.11 Å². The van der Waals surface area contributed by atoms with Gasteiger partial charge in [0.2, 0.25) is 0 Å². The molecule has 0 unspecified atom stereocenters. The van der Waals surface area contributed by atoms with Gasteiger partial charge in [0.1, 0.15) is 0 Å². The van der Waals surface area contributed by atoms with E-state index < -0.39 is 0 Å². The molecule has 1 saturated carbocycles. The number of aromatic nitrogens is 1. The first-order valence-corrected chi connectivity index (χ1v) is 5.81. The molecule has 0 amide bonds. The maximum Gasteiger partial charge on any atom is 0.0653 e. The number of aliphatic hydroxyl groups is 1. The molecule has 1 N–H and O–H groups in total. The van der Waals surface area contributed by atoms with Crippen molar-refractivity contribution in [2.24, 2.45) is 0 Å². The number of nitrogens with zero attached hydrogens (tertiary/aromatic N) is 1. The minimum absolute atomic E-state index is 0.352. The van der Waals surface area contributed by atoms with E-state index in [4.69, 9.17) is 0 Å². The van der Waals surface area contributed by atoms with E-state index in [-0.39, 0.29) is 5.60 Å². The maximum atomic E-state index is 9.85. The van der Waals surface area contributed by atoms with Crippen molar-refractivity contribution in [3.63, 3.8) is 0 Å². The van der Waals surface area contributed by atoms with Crippen LogP contribution >= 0.6 is 0 Å². The first-order valence-electron chi connectivity index (χ1n) is 5.81. The van der Waals surface area contributed by atoms with Crippen molar-refractivity contribution < 1.29 is 5.11 Å². The molecule has 2 heteroatoms. The Morgan fingerprint density at radius 3 is 2.94 bits per heavy atom. The maximum absolute atomic E-state index is 9.85. The summed E-state index contributed by atoms with van der Waals surface area (Å²) >= 11 is 0. The van der Waals surface area contributed by atoms with Crippen LogP contribution in [-0.2, 0) is 6.42 Å². The summed E-state index contributed by atoms with van der Waals surface area (Å²) in [5, 5.41) is 12.3. The van der Waals surface area contributed by atoms with Crippen LogP contribution in [0.4, 0.5) is 0 Å². The molecule has 0 aliphatic heterocycles. The van der Waals surface area contributed by atoms with Gasteiger partial charge in [-0.15, -0.1) is 0 Å². The van der Waals surface area contributed by atoms with E-state index in [2.05, 4.69) is 29.2 Å². The number of aryl methyl sites for hydroxylation is 1. The zero-order chi connectivity index (χ0) is 11.0. The highest BCUT2D eigenvalue weighted by Crippen LogP contribution is 2.39. The van der Waals surface area contributed by atoms with E-state index in [0.717, 1.165) is 25.7 Å². The van der Waals surface area contributed by atoms with E-state index >= 15 is 0 Å². The molecule has 0 radical (unpaired) electrons. The number of pyridine rings is 1. The first kappa shape index (κ1) is 9.79. The molecule has 3 rings (SSSR count). The number of hydrogen-bond acceptors (Lipinski definition) is 2. The Bertz CT molecular complexity index is 512. The Labute approximate surface area is 94.9 Å². The fourth-order valence-electron chi connectivity index (χ4n) is 2.17. The lowest BCUT2D eigenvalue weighted by molar-refractivity contribution is 0.140. The second-order valence-electron chi connectivity index (χ2n) is 4.74. The standard InChI is InChI=1S/C14H15NO/c16-14(7-8-14)6-4-11-2-1-3-12-10-15-9-5-13(11)12/h1-3,5,9-10,16H,4,6-8H2. The molecule has 82 valence electrons. The van der Waals surface area contributed by atoms with Crippen molar-refractivity contribution in [3.8, 4) is 0 Å². The first-order chi connectivity index (χ1) is 7.77. The Morgan fingerprint density at radius 1 is 1.25 bits per heavy atom. The van der Waals surface area contributed by atoms with Crippen LogP contribution < -0.4 is 0 Å². The van der Waals surface area contributed by atoms with Crippen molar-refractivity contribution in [3.05, 3.63) is 42.2 Å². The molecule has 2 nitrogen and oxygen atoms in total. The minimum Gasteiger partial charge on any atom is -0.390 e. The van der Waals surface area contributed by atoms with Crippen molar-refractivity contribution in [1.82, 2.24) is 4.98 Å². The van der Waals surface area contributed by atoms with Gasteiger partial charge in [0.25, 0.3) is 0 Å². The van der Waals surface area contributed by atoms with E-state index in [9.17, 15) is 5.11 Å². The minimum atomic E-state index is -0.352. The predicted octanol–water partition coefficient (Wildman–Crippen LogP) is 2.69. The molecule has 1 aliphatic carbocycles. The lowest BCUT2D eigenvalue weighted by Crippen LogP contribution is -2.07. The molecule has 2 aromatic rings. The van der Waals surface area contributed by atoms with E-state index in [1.54, 1.807) is 0 Å². The number of hydrogen-bond donors (Lipinski definition) is 1. The van der Waals surface area contributed by atoms with Crippen LogP contribution in [-0.4, -0.2) is 15.7 Å². The monoisotopic (exact) mass is 213 g/mol. The number of rotatable bonds is 3. The van der Waals surface area contributed by atoms with Crippen molar-refractivity contribution in [2.45, 2.75) is 31.3 Å². The van der Waals surface area contributed by atoms with Gasteiger partial charge in [-0.05, 0) is 42.7 Å². The fourth-order valence-corrected chi connectivity index (χ4v) is 2.17. The van der Waals surface area contributed by atoms with E-state index in [0.29, 0.717) is 0 Å². The third kappa shape index (κ3) is 1.81. The lowest BCUT2D eigenvalue weighted by Gasteiger charge is -2.09. The quantitative estimate of drug-likeness (QED) is 0.850. The van der Waals surface area contributed by atoms with Gasteiger partial charge >= 0.3 is 0 Å². The van der Waals surface area contributed by atoms with E-state index in [1.807, 2.05) is 12.4 Å². The summed E-state index contributed by atoms with van der Waals surface area (Å²) in [4.78, 5) is 4.13. The van der Waals surface area contributed by atoms with Gasteiger partial charge in [0.15, 0.2) is 0 Å². The van der Waals surface area contributed by atoms with Gasteiger partial charge in [0, 0.05) is 17.8 Å². The van der Waals surface area contributed by atoms with Crippen molar-refractivity contribution in [2.75, 3.05) is 0 Å². The Kier molecular flexibility index (Phi) is 2.18. The van der Waals surface area contributed by atoms with Gasteiger partial charge in [-0.3, -0.25) is 4.98 Å². The largest absolute Gasteiger partial charge is 0.390 e. The Balaban J connectivity index is 1.90. The average Bonchev–Trinajstić information content (AvgIpc) is 3.05. The molecule has 1 aliphatic rings. The van der Waals surface area contributed by atoms with Crippen LogP contribution in [0.25, 0.3) is 10.8 Å². The van der Waals surface area contributed by atoms with Crippen LogP contribution in [0.3, 0.4) is 0 Å². The summed E-state index contributed by atoms with van der Waals surface area (Å²) in [6, 6.07) is 8.35. The van der Waals surface area contributed by atoms with Gasteiger partial charge in [-0.1, -0.05) is 18.2 Å². The second kappa shape index (κ2) is 3.56. The molecule has 16 heavy (non-hydrogen) atoms. The Hall–Kier alpha value is -1.41. The molecule has 0 spiro atoms. The summed E-state index contributed by atoms with van der Waals surface area (Å²) in [5.74, 6) is 0. The molecule has 1 fully saturated rings. The molecule has 0 bridgehead atoms. The summed E-state index contributed by atoms with van der Waals surface area (Å²) in [5.41, 5.74) is 0.968. The lowest BCUT2D eigenvalue weighted by atomic mass is 10.0. The molecule has 1 heterocycles. The molecule has 1 aromatic heterocycles. The second-order valence-corrected chi connectivity index (χ2v) is 4.74. The van der Waals surface area contributed by atoms with Gasteiger partial charge in [-0.2, -0.15) is 0 Å². The van der Waals surface area contributed by atoms with Crippen molar-refractivity contribution in [1.29, 1.82) is 0 Å². The summed E-state index contributed by atoms with van der Waals surface area (Å²) in [6.07, 6.45) is 7.51. The smallest absolute Gasteiger partial charge is 0.0653 e. The molecular weight excluding hydrogens is 198 g/mol. The summed E-state index contributed by atoms with van der Waals surface area (Å²) < 4.78 is 0. The molecule has 0 atom stereocenters. The highest BCUT2D eigenvalue weighted by molar-refractivity contribution is 5.84. The highest BCUT2D eigenvalue weighted by Gasteiger charge is 2.39. The van der Waals surface area contributed by atoms with Crippen LogP contribution in [0.5, 0.6) is 0 Å². The van der Waals surface area contributed by atoms with Crippen LogP contribution in [0.2, 0.25) is 0 Å². The zero-order valence-corrected chi connectivity index (χ0v) is 9.19. The van der Waals surface area contributed by atoms with Crippen LogP contribution in [0.1, 0.15) is 24.8 Å². The average molecular weight is 213 g/mol. The third-order valence-corrected chi connectivity index (χ3v) is 3.46. The van der Waals surface area contributed by atoms with Crippen molar-refractivity contribution >= 4 is 10.8 Å². The van der Waals surface area contributed by atoms with Gasteiger partial charge in [-0.25, -0.2) is 0 Å². The number of fused-ring (bicyclic) bond motifs is 1. The number of benzene rings is 1. The normalized spacial score (nSPS) is 17.6. The van der Waals surface area contributed by atoms with Crippen LogP contribution in [0, 0.1) is 0 Å². The SMILES string of the molecule is OC1(CCc2cccc3cnccc23)CC1. The zero-order valence-electron chi connectivity index (χ0n) is 9.19. The summed E-state index contributed by atoms with van der Waals surface area (Å²) in [6.45, 7) is 0.